The largest absolute Gasteiger partial charge is 0.416 e. The minimum Gasteiger partial charge on any atom is -0.304 e. The van der Waals surface area contributed by atoms with Gasteiger partial charge in [0.05, 0.1) is 11.1 Å². The summed E-state index contributed by atoms with van der Waals surface area (Å²) in [5.74, 6) is 0.405. The molecule has 1 aromatic carbocycles. The highest BCUT2D eigenvalue weighted by atomic mass is 35.5. The van der Waals surface area contributed by atoms with Gasteiger partial charge in [-0.05, 0) is 68.4 Å². The molecule has 1 unspecified atom stereocenters. The van der Waals surface area contributed by atoms with Crippen LogP contribution >= 0.6 is 11.6 Å². The molecular formula is C25H24ClF3N4O2. The van der Waals surface area contributed by atoms with Crippen LogP contribution in [0.1, 0.15) is 42.5 Å². The van der Waals surface area contributed by atoms with E-state index in [1.165, 1.54) is 10.8 Å². The van der Waals surface area contributed by atoms with Gasteiger partial charge in [0.25, 0.3) is 5.56 Å². The molecule has 35 heavy (non-hydrogen) atoms. The molecule has 1 aliphatic carbocycles. The monoisotopic (exact) mass is 504 g/mol. The van der Waals surface area contributed by atoms with Crippen LogP contribution in [0.3, 0.4) is 0 Å². The second kappa shape index (κ2) is 8.64. The van der Waals surface area contributed by atoms with Crippen molar-refractivity contribution < 1.29 is 13.2 Å². The lowest BCUT2D eigenvalue weighted by atomic mass is 10.0. The zero-order chi connectivity index (χ0) is 25.0. The maximum atomic E-state index is 12.9. The van der Waals surface area contributed by atoms with Crippen LogP contribution in [-0.2, 0) is 18.3 Å². The average molecular weight is 505 g/mol. The summed E-state index contributed by atoms with van der Waals surface area (Å²) in [4.78, 5) is 31.2. The van der Waals surface area contributed by atoms with E-state index in [-0.39, 0.29) is 22.3 Å². The first kappa shape index (κ1) is 23.8. The minimum absolute atomic E-state index is 0.198. The van der Waals surface area contributed by atoms with Gasteiger partial charge in [0.15, 0.2) is 0 Å². The fraction of sp³-hybridized carbons (Fsp3) is 0.400. The number of nitrogens with one attached hydrogen (secondary N) is 2. The quantitative estimate of drug-likeness (QED) is 0.479. The molecule has 3 aromatic rings. The molecule has 2 aromatic heterocycles. The highest BCUT2D eigenvalue weighted by Crippen LogP contribution is 2.59. The molecule has 0 bridgehead atoms. The van der Waals surface area contributed by atoms with Crippen molar-refractivity contribution in [2.24, 2.45) is 5.92 Å². The third-order valence-electron chi connectivity index (χ3n) is 7.10. The fourth-order valence-corrected chi connectivity index (χ4v) is 5.54. The third kappa shape index (κ3) is 4.54. The van der Waals surface area contributed by atoms with Crippen molar-refractivity contribution in [3.8, 4) is 11.1 Å². The molecule has 1 saturated heterocycles. The molecule has 0 spiro atoms. The molecule has 0 radical (unpaired) electrons. The molecule has 3 atom stereocenters. The lowest BCUT2D eigenvalue weighted by molar-refractivity contribution is -0.137. The van der Waals surface area contributed by atoms with Crippen LogP contribution in [0.15, 0.2) is 52.2 Å². The van der Waals surface area contributed by atoms with Gasteiger partial charge >= 0.3 is 11.9 Å². The van der Waals surface area contributed by atoms with E-state index in [2.05, 4.69) is 15.3 Å². The maximum absolute atomic E-state index is 12.9. The van der Waals surface area contributed by atoms with Crippen LogP contribution < -0.4 is 16.6 Å². The van der Waals surface area contributed by atoms with Crippen LogP contribution in [0.4, 0.5) is 13.2 Å². The summed E-state index contributed by atoms with van der Waals surface area (Å²) in [7, 11) is 0. The molecular weight excluding hydrogens is 481 g/mol. The Labute approximate surface area is 204 Å². The molecule has 184 valence electrons. The van der Waals surface area contributed by atoms with E-state index in [4.69, 9.17) is 11.6 Å². The Bertz CT molecular complexity index is 1380. The van der Waals surface area contributed by atoms with Crippen LogP contribution in [0.25, 0.3) is 11.1 Å². The first-order valence-electron chi connectivity index (χ1n) is 11.5. The van der Waals surface area contributed by atoms with E-state index in [1.54, 1.807) is 31.2 Å². The topological polar surface area (TPSA) is 79.8 Å². The zero-order valence-electron chi connectivity index (χ0n) is 19.0. The van der Waals surface area contributed by atoms with Crippen LogP contribution in [0.5, 0.6) is 0 Å². The molecule has 0 amide bonds. The average Bonchev–Trinajstić information content (AvgIpc) is 3.36. The van der Waals surface area contributed by atoms with Gasteiger partial charge in [-0.2, -0.15) is 13.2 Å². The first-order chi connectivity index (χ1) is 16.6. The molecule has 2 aliphatic rings. The molecule has 10 heteroatoms. The van der Waals surface area contributed by atoms with Crippen LogP contribution in [0.2, 0.25) is 5.15 Å². The van der Waals surface area contributed by atoms with Crippen LogP contribution in [0, 0.1) is 12.8 Å². The summed E-state index contributed by atoms with van der Waals surface area (Å²) in [6, 6.07) is 9.11. The minimum atomic E-state index is -4.34. The van der Waals surface area contributed by atoms with E-state index in [0.717, 1.165) is 42.7 Å². The number of aryl methyl sites for hydroxylation is 2. The number of rotatable bonds is 6. The predicted octanol–water partition coefficient (Wildman–Crippen LogP) is 4.64. The first-order valence-corrected chi connectivity index (χ1v) is 11.9. The number of H-pyrrole nitrogens is 1. The van der Waals surface area contributed by atoms with E-state index >= 15 is 0 Å². The Morgan fingerprint density at radius 2 is 1.89 bits per heavy atom. The maximum Gasteiger partial charge on any atom is 0.416 e. The number of piperidine rings is 1. The molecule has 1 saturated carbocycles. The van der Waals surface area contributed by atoms with E-state index < -0.39 is 23.0 Å². The Morgan fingerprint density at radius 3 is 2.57 bits per heavy atom. The smallest absolute Gasteiger partial charge is 0.304 e. The molecule has 2 N–H and O–H groups in total. The van der Waals surface area contributed by atoms with Crippen LogP contribution in [-0.4, -0.2) is 20.6 Å². The van der Waals surface area contributed by atoms with Crippen molar-refractivity contribution >= 4 is 11.6 Å². The lowest BCUT2D eigenvalue weighted by Crippen LogP contribution is -2.34. The second-order valence-electron chi connectivity index (χ2n) is 9.45. The molecule has 6 nitrogen and oxygen atoms in total. The normalized spacial score (nSPS) is 23.3. The van der Waals surface area contributed by atoms with Gasteiger partial charge in [0.1, 0.15) is 5.15 Å². The summed E-state index contributed by atoms with van der Waals surface area (Å²) in [6.07, 6.45) is 0.528. The van der Waals surface area contributed by atoms with Gasteiger partial charge in [0, 0.05) is 35.6 Å². The summed E-state index contributed by atoms with van der Waals surface area (Å²) in [6.45, 7) is 2.21. The number of halogens is 4. The SMILES string of the molecule is Cc1ccc(-c2cn(CCCC3C[C@@H]4C[C@]4(c4ccc(C(F)(F)F)cc4)N3)c(=O)[nH]c2=O)c(Cl)n1. The summed E-state index contributed by atoms with van der Waals surface area (Å²) >= 11 is 6.22. The molecule has 1 aliphatic heterocycles. The number of aromatic nitrogens is 3. The third-order valence-corrected chi connectivity index (χ3v) is 7.39. The van der Waals surface area contributed by atoms with E-state index in [0.29, 0.717) is 24.4 Å². The lowest BCUT2D eigenvalue weighted by Gasteiger charge is -2.20. The van der Waals surface area contributed by atoms with E-state index in [9.17, 15) is 22.8 Å². The van der Waals surface area contributed by atoms with Crippen molar-refractivity contribution in [2.75, 3.05) is 0 Å². The predicted molar refractivity (Wildman–Crippen MR) is 126 cm³/mol. The van der Waals surface area contributed by atoms with Gasteiger partial charge in [-0.25, -0.2) is 9.78 Å². The summed E-state index contributed by atoms with van der Waals surface area (Å²) < 4.78 is 40.1. The van der Waals surface area contributed by atoms with Gasteiger partial charge in [-0.15, -0.1) is 0 Å². The molecule has 5 rings (SSSR count). The summed E-state index contributed by atoms with van der Waals surface area (Å²) in [5, 5.41) is 3.82. The highest BCUT2D eigenvalue weighted by molar-refractivity contribution is 6.32. The van der Waals surface area contributed by atoms with Crippen molar-refractivity contribution in [3.63, 3.8) is 0 Å². The Hall–Kier alpha value is -2.91. The standard InChI is InChI=1S/C25H24ClF3N4O2/c1-14-4-9-19(21(26)30-14)20-13-33(23(35)31-22(20)34)10-2-3-18-11-17-12-24(17,32-18)15-5-7-16(8-6-15)25(27,28)29/h4-9,13,17-18,32H,2-3,10-12H2,1H3,(H,31,34,35)/t17-,18?,24-/m1/s1. The zero-order valence-corrected chi connectivity index (χ0v) is 19.7. The van der Waals surface area contributed by atoms with Gasteiger partial charge in [-0.3, -0.25) is 14.3 Å². The molecule has 3 heterocycles. The Balaban J connectivity index is 1.24. The number of fused-ring (bicyclic) bond motifs is 1. The summed E-state index contributed by atoms with van der Waals surface area (Å²) in [5.41, 5.74) is 0.465. The Morgan fingerprint density at radius 1 is 1.14 bits per heavy atom. The van der Waals surface area contributed by atoms with Gasteiger partial charge < -0.3 is 5.32 Å². The number of hydrogen-bond acceptors (Lipinski definition) is 4. The van der Waals surface area contributed by atoms with Crippen molar-refractivity contribution in [1.29, 1.82) is 0 Å². The van der Waals surface area contributed by atoms with Gasteiger partial charge in [0.2, 0.25) is 0 Å². The molecule has 2 fully saturated rings. The second-order valence-corrected chi connectivity index (χ2v) is 9.81. The number of nitrogens with zero attached hydrogens (tertiary/aromatic N) is 2. The van der Waals surface area contributed by atoms with Crippen molar-refractivity contribution in [1.82, 2.24) is 19.9 Å². The highest BCUT2D eigenvalue weighted by Gasteiger charge is 2.60. The number of aromatic amines is 1. The van der Waals surface area contributed by atoms with Crippen molar-refractivity contribution in [2.45, 2.75) is 56.9 Å². The number of alkyl halides is 3. The van der Waals surface area contributed by atoms with Gasteiger partial charge in [-0.1, -0.05) is 23.7 Å². The van der Waals surface area contributed by atoms with Crippen molar-refractivity contribution in [3.05, 3.63) is 85.4 Å². The van der Waals surface area contributed by atoms with E-state index in [1.807, 2.05) is 0 Å². The fourth-order valence-electron chi connectivity index (χ4n) is 5.24. The number of hydrogen-bond donors (Lipinski definition) is 2. The Kier molecular flexibility index (Phi) is 5.88. The number of pyridine rings is 1. The number of benzene rings is 1.